The van der Waals surface area contributed by atoms with E-state index in [1.165, 1.54) is 0 Å². The van der Waals surface area contributed by atoms with Crippen molar-refractivity contribution in [2.75, 3.05) is 24.3 Å². The molecule has 1 heterocycles. The Kier molecular flexibility index (Phi) is 1.87. The van der Waals surface area contributed by atoms with Gasteiger partial charge in [0.1, 0.15) is 0 Å². The van der Waals surface area contributed by atoms with Crippen molar-refractivity contribution >= 4 is 11.4 Å². The summed E-state index contributed by atoms with van der Waals surface area (Å²) >= 11 is 0. The van der Waals surface area contributed by atoms with E-state index in [1.54, 1.807) is 0 Å². The summed E-state index contributed by atoms with van der Waals surface area (Å²) in [7, 11) is 0. The first-order valence-electron chi connectivity index (χ1n) is 4.05. The van der Waals surface area contributed by atoms with E-state index < -0.39 is 0 Å². The van der Waals surface area contributed by atoms with E-state index in [1.807, 2.05) is 24.3 Å². The van der Waals surface area contributed by atoms with Crippen molar-refractivity contribution in [3.05, 3.63) is 24.3 Å². The van der Waals surface area contributed by atoms with E-state index >= 15 is 0 Å². The van der Waals surface area contributed by atoms with Gasteiger partial charge in [0.2, 0.25) is 0 Å². The summed E-state index contributed by atoms with van der Waals surface area (Å²) in [5.74, 6) is 0. The lowest BCUT2D eigenvalue weighted by molar-refractivity contribution is 0.0211. The summed E-state index contributed by atoms with van der Waals surface area (Å²) < 4.78 is 5.04. The third-order valence-corrected chi connectivity index (χ3v) is 1.96. The first-order valence-corrected chi connectivity index (χ1v) is 4.05. The maximum atomic E-state index is 5.74. The molecule has 3 heteroatoms. The van der Waals surface area contributed by atoms with E-state index in [-0.39, 0.29) is 0 Å². The Bertz CT molecular complexity index is 271. The SMILES string of the molecule is Nc1ccccc1NC1COC1. The summed E-state index contributed by atoms with van der Waals surface area (Å²) in [6.45, 7) is 1.57. The Labute approximate surface area is 71.5 Å². The zero-order valence-electron chi connectivity index (χ0n) is 6.79. The van der Waals surface area contributed by atoms with Crippen LogP contribution in [0.25, 0.3) is 0 Å². The summed E-state index contributed by atoms with van der Waals surface area (Å²) in [6.07, 6.45) is 0. The van der Waals surface area contributed by atoms with Gasteiger partial charge < -0.3 is 15.8 Å². The molecule has 2 rings (SSSR count). The largest absolute Gasteiger partial charge is 0.397 e. The number of ether oxygens (including phenoxy) is 1. The molecular weight excluding hydrogens is 152 g/mol. The van der Waals surface area contributed by atoms with E-state index in [0.717, 1.165) is 24.6 Å². The Morgan fingerprint density at radius 2 is 2.08 bits per heavy atom. The molecule has 0 amide bonds. The molecule has 1 aromatic carbocycles. The maximum Gasteiger partial charge on any atom is 0.0729 e. The van der Waals surface area contributed by atoms with Crippen LogP contribution in [0.3, 0.4) is 0 Å². The highest BCUT2D eigenvalue weighted by atomic mass is 16.5. The van der Waals surface area contributed by atoms with Crippen LogP contribution in [0.4, 0.5) is 11.4 Å². The van der Waals surface area contributed by atoms with Crippen molar-refractivity contribution in [2.24, 2.45) is 0 Å². The number of nitrogens with one attached hydrogen (secondary N) is 1. The van der Waals surface area contributed by atoms with Gasteiger partial charge in [0.15, 0.2) is 0 Å². The van der Waals surface area contributed by atoms with Gasteiger partial charge in [0.05, 0.1) is 30.6 Å². The Balaban J connectivity index is 2.06. The predicted octanol–water partition coefficient (Wildman–Crippen LogP) is 1.08. The highest BCUT2D eigenvalue weighted by Crippen LogP contribution is 2.19. The standard InChI is InChI=1S/C9H12N2O/c10-8-3-1-2-4-9(8)11-7-5-12-6-7/h1-4,7,11H,5-6,10H2. The lowest BCUT2D eigenvalue weighted by atomic mass is 10.2. The van der Waals surface area contributed by atoms with Crippen LogP contribution >= 0.6 is 0 Å². The third-order valence-electron chi connectivity index (χ3n) is 1.96. The Hall–Kier alpha value is -1.22. The molecule has 3 nitrogen and oxygen atoms in total. The lowest BCUT2D eigenvalue weighted by Gasteiger charge is -2.28. The predicted molar refractivity (Wildman–Crippen MR) is 49.1 cm³/mol. The summed E-state index contributed by atoms with van der Waals surface area (Å²) in [6, 6.07) is 8.21. The summed E-state index contributed by atoms with van der Waals surface area (Å²) in [5.41, 5.74) is 7.55. The van der Waals surface area contributed by atoms with Crippen molar-refractivity contribution in [1.29, 1.82) is 0 Å². The molecule has 0 atom stereocenters. The number of hydrogen-bond donors (Lipinski definition) is 2. The second-order valence-electron chi connectivity index (χ2n) is 2.97. The van der Waals surface area contributed by atoms with Crippen LogP contribution in [0.15, 0.2) is 24.3 Å². The number of rotatable bonds is 2. The first-order chi connectivity index (χ1) is 5.86. The molecule has 1 fully saturated rings. The Morgan fingerprint density at radius 1 is 1.33 bits per heavy atom. The lowest BCUT2D eigenvalue weighted by Crippen LogP contribution is -2.40. The van der Waals surface area contributed by atoms with Gasteiger partial charge >= 0.3 is 0 Å². The fraction of sp³-hybridized carbons (Fsp3) is 0.333. The number of para-hydroxylation sites is 2. The molecule has 64 valence electrons. The van der Waals surface area contributed by atoms with Crippen LogP contribution in [-0.2, 0) is 4.74 Å². The summed E-state index contributed by atoms with van der Waals surface area (Å²) in [5, 5.41) is 3.30. The molecule has 0 aromatic heterocycles. The van der Waals surface area contributed by atoms with Crippen molar-refractivity contribution in [3.63, 3.8) is 0 Å². The van der Waals surface area contributed by atoms with Crippen molar-refractivity contribution in [3.8, 4) is 0 Å². The highest BCUT2D eigenvalue weighted by molar-refractivity contribution is 5.66. The van der Waals surface area contributed by atoms with Crippen LogP contribution in [0, 0.1) is 0 Å². The molecule has 0 spiro atoms. The molecule has 1 saturated heterocycles. The van der Waals surface area contributed by atoms with E-state index in [2.05, 4.69) is 5.32 Å². The molecule has 12 heavy (non-hydrogen) atoms. The van der Waals surface area contributed by atoms with E-state index in [0.29, 0.717) is 6.04 Å². The molecule has 0 radical (unpaired) electrons. The van der Waals surface area contributed by atoms with Crippen LogP contribution in [0.1, 0.15) is 0 Å². The zero-order chi connectivity index (χ0) is 8.39. The quantitative estimate of drug-likeness (QED) is 0.643. The van der Waals surface area contributed by atoms with Crippen molar-refractivity contribution < 1.29 is 4.74 Å². The number of hydrogen-bond acceptors (Lipinski definition) is 3. The van der Waals surface area contributed by atoms with Crippen LogP contribution in [0.5, 0.6) is 0 Å². The van der Waals surface area contributed by atoms with Gasteiger partial charge in [-0.1, -0.05) is 12.1 Å². The zero-order valence-corrected chi connectivity index (χ0v) is 6.79. The van der Waals surface area contributed by atoms with Crippen molar-refractivity contribution in [1.82, 2.24) is 0 Å². The summed E-state index contributed by atoms with van der Waals surface area (Å²) in [4.78, 5) is 0. The van der Waals surface area contributed by atoms with Gasteiger partial charge in [-0.3, -0.25) is 0 Å². The van der Waals surface area contributed by atoms with Crippen LogP contribution < -0.4 is 11.1 Å². The monoisotopic (exact) mass is 164 g/mol. The molecule has 0 unspecified atom stereocenters. The smallest absolute Gasteiger partial charge is 0.0729 e. The second kappa shape index (κ2) is 3.03. The first kappa shape index (κ1) is 7.43. The molecule has 0 aliphatic carbocycles. The maximum absolute atomic E-state index is 5.74. The molecule has 0 bridgehead atoms. The number of benzene rings is 1. The minimum atomic E-state index is 0.440. The number of anilines is 2. The number of nitrogen functional groups attached to an aromatic ring is 1. The van der Waals surface area contributed by atoms with Gasteiger partial charge in [-0.25, -0.2) is 0 Å². The topological polar surface area (TPSA) is 47.3 Å². The molecular formula is C9H12N2O. The van der Waals surface area contributed by atoms with Gasteiger partial charge in [-0.2, -0.15) is 0 Å². The average Bonchev–Trinajstić information content (AvgIpc) is 2.00. The van der Waals surface area contributed by atoms with Crippen LogP contribution in [-0.4, -0.2) is 19.3 Å². The average molecular weight is 164 g/mol. The minimum Gasteiger partial charge on any atom is -0.397 e. The van der Waals surface area contributed by atoms with Crippen molar-refractivity contribution in [2.45, 2.75) is 6.04 Å². The second-order valence-corrected chi connectivity index (χ2v) is 2.97. The molecule has 1 aromatic rings. The normalized spacial score (nSPS) is 17.0. The van der Waals surface area contributed by atoms with Gasteiger partial charge in [-0.05, 0) is 12.1 Å². The van der Waals surface area contributed by atoms with Gasteiger partial charge in [-0.15, -0.1) is 0 Å². The fourth-order valence-corrected chi connectivity index (χ4v) is 1.17. The van der Waals surface area contributed by atoms with E-state index in [4.69, 9.17) is 10.5 Å². The van der Waals surface area contributed by atoms with Gasteiger partial charge in [0, 0.05) is 0 Å². The van der Waals surface area contributed by atoms with Gasteiger partial charge in [0.25, 0.3) is 0 Å². The molecule has 1 aliphatic rings. The minimum absolute atomic E-state index is 0.440. The molecule has 1 aliphatic heterocycles. The highest BCUT2D eigenvalue weighted by Gasteiger charge is 2.17. The third kappa shape index (κ3) is 1.36. The number of nitrogens with two attached hydrogens (primary N) is 1. The fourth-order valence-electron chi connectivity index (χ4n) is 1.17. The molecule has 0 saturated carbocycles. The van der Waals surface area contributed by atoms with Crippen LogP contribution in [0.2, 0.25) is 0 Å². The van der Waals surface area contributed by atoms with E-state index in [9.17, 15) is 0 Å². The molecule has 3 N–H and O–H groups in total. The Morgan fingerprint density at radius 3 is 2.67 bits per heavy atom.